The first-order valence-electron chi connectivity index (χ1n) is 11.7. The Balaban J connectivity index is 1.37. The lowest BCUT2D eigenvalue weighted by Crippen LogP contribution is -2.36. The maximum absolute atomic E-state index is 6.43. The first-order chi connectivity index (χ1) is 15.8. The Labute approximate surface area is 189 Å². The molecule has 0 unspecified atom stereocenters. The Kier molecular flexibility index (Phi) is 6.36. The third kappa shape index (κ3) is 4.79. The number of aromatic nitrogens is 2. The van der Waals surface area contributed by atoms with Crippen molar-refractivity contribution in [3.63, 3.8) is 0 Å². The van der Waals surface area contributed by atoms with Gasteiger partial charge >= 0.3 is 0 Å². The molecule has 3 heterocycles. The number of benzene rings is 2. The van der Waals surface area contributed by atoms with Crippen LogP contribution in [0.2, 0.25) is 0 Å². The van der Waals surface area contributed by atoms with Gasteiger partial charge in [0.1, 0.15) is 17.4 Å². The second-order valence-corrected chi connectivity index (χ2v) is 8.42. The van der Waals surface area contributed by atoms with Gasteiger partial charge in [0.15, 0.2) is 0 Å². The van der Waals surface area contributed by atoms with Crippen LogP contribution in [0.25, 0.3) is 10.9 Å². The van der Waals surface area contributed by atoms with Crippen LogP contribution in [0.15, 0.2) is 42.6 Å². The summed E-state index contributed by atoms with van der Waals surface area (Å²) in [6.07, 6.45) is 5.10. The Morgan fingerprint density at radius 3 is 2.66 bits per heavy atom. The van der Waals surface area contributed by atoms with E-state index in [0.29, 0.717) is 5.95 Å². The van der Waals surface area contributed by atoms with Gasteiger partial charge in [0, 0.05) is 36.0 Å². The lowest BCUT2D eigenvalue weighted by Gasteiger charge is -2.28. The molecule has 2 fully saturated rings. The van der Waals surface area contributed by atoms with E-state index in [2.05, 4.69) is 63.8 Å². The summed E-state index contributed by atoms with van der Waals surface area (Å²) in [7, 11) is 0. The number of ether oxygens (including phenoxy) is 2. The van der Waals surface area contributed by atoms with E-state index < -0.39 is 0 Å². The molecule has 168 valence electrons. The first-order valence-corrected chi connectivity index (χ1v) is 11.7. The highest BCUT2D eigenvalue weighted by Gasteiger charge is 2.17. The van der Waals surface area contributed by atoms with Gasteiger partial charge < -0.3 is 25.0 Å². The third-order valence-electron chi connectivity index (χ3n) is 6.20. The molecule has 7 heteroatoms. The van der Waals surface area contributed by atoms with Crippen molar-refractivity contribution >= 4 is 28.2 Å². The maximum atomic E-state index is 6.43. The molecule has 0 saturated carbocycles. The normalized spacial score (nSPS) is 17.5. The molecule has 1 aromatic heterocycles. The quantitative estimate of drug-likeness (QED) is 0.611. The van der Waals surface area contributed by atoms with E-state index in [-0.39, 0.29) is 6.10 Å². The summed E-state index contributed by atoms with van der Waals surface area (Å²) in [5.41, 5.74) is 4.28. The molecule has 7 nitrogen and oxygen atoms in total. The topological polar surface area (TPSA) is 71.5 Å². The van der Waals surface area contributed by atoms with Crippen LogP contribution in [0.3, 0.4) is 0 Å². The summed E-state index contributed by atoms with van der Waals surface area (Å²) in [5, 5.41) is 7.77. The Hall–Kier alpha value is -2.90. The zero-order valence-corrected chi connectivity index (χ0v) is 18.6. The molecule has 0 amide bonds. The molecule has 2 saturated heterocycles. The molecule has 0 bridgehead atoms. The second-order valence-electron chi connectivity index (χ2n) is 8.42. The second kappa shape index (κ2) is 9.71. The van der Waals surface area contributed by atoms with Gasteiger partial charge in [0.05, 0.1) is 13.2 Å². The highest BCUT2D eigenvalue weighted by molar-refractivity contribution is 5.86. The average Bonchev–Trinajstić information content (AvgIpc) is 2.86. The molecule has 2 aromatic carbocycles. The van der Waals surface area contributed by atoms with Crippen LogP contribution in [0, 0.1) is 0 Å². The van der Waals surface area contributed by atoms with Crippen molar-refractivity contribution in [2.24, 2.45) is 0 Å². The van der Waals surface area contributed by atoms with Gasteiger partial charge in [0.25, 0.3) is 0 Å². The minimum atomic E-state index is 0.227. The monoisotopic (exact) mass is 433 g/mol. The highest BCUT2D eigenvalue weighted by atomic mass is 16.5. The van der Waals surface area contributed by atoms with Crippen molar-refractivity contribution in [1.82, 2.24) is 15.3 Å². The lowest BCUT2D eigenvalue weighted by atomic mass is 10.1. The SMILES string of the molecule is CCc1cc(OC2CCNCC2)c2nc(Nc3ccc(N4CCOCC4)cc3)ncc2c1. The molecule has 0 radical (unpaired) electrons. The summed E-state index contributed by atoms with van der Waals surface area (Å²) in [4.78, 5) is 11.7. The van der Waals surface area contributed by atoms with Crippen molar-refractivity contribution in [3.05, 3.63) is 48.2 Å². The third-order valence-corrected chi connectivity index (χ3v) is 6.20. The molecule has 3 aromatic rings. The molecule has 0 atom stereocenters. The van der Waals surface area contributed by atoms with Crippen molar-refractivity contribution in [1.29, 1.82) is 0 Å². The number of fused-ring (bicyclic) bond motifs is 1. The van der Waals surface area contributed by atoms with Crippen molar-refractivity contribution < 1.29 is 9.47 Å². The van der Waals surface area contributed by atoms with Gasteiger partial charge in [-0.1, -0.05) is 6.92 Å². The van der Waals surface area contributed by atoms with Gasteiger partial charge in [-0.3, -0.25) is 0 Å². The fourth-order valence-corrected chi connectivity index (χ4v) is 4.33. The van der Waals surface area contributed by atoms with E-state index in [1.807, 2.05) is 6.20 Å². The van der Waals surface area contributed by atoms with E-state index in [4.69, 9.17) is 14.5 Å². The predicted molar refractivity (Wildman–Crippen MR) is 128 cm³/mol. The van der Waals surface area contributed by atoms with Crippen molar-refractivity contribution in [2.75, 3.05) is 49.6 Å². The van der Waals surface area contributed by atoms with E-state index in [1.165, 1.54) is 11.3 Å². The van der Waals surface area contributed by atoms with Crippen LogP contribution < -0.4 is 20.3 Å². The summed E-state index contributed by atoms with van der Waals surface area (Å²) in [6.45, 7) is 7.59. The summed E-state index contributed by atoms with van der Waals surface area (Å²) in [6, 6.07) is 12.7. The van der Waals surface area contributed by atoms with Crippen LogP contribution in [0.1, 0.15) is 25.3 Å². The standard InChI is InChI=1S/C25H31N5O2/c1-2-18-15-19-17-27-25(29-24(19)23(16-18)32-22-7-9-26-10-8-22)28-20-3-5-21(6-4-20)30-11-13-31-14-12-30/h3-6,15-17,22,26H,2,7-14H2,1H3,(H,27,28,29). The van der Waals surface area contributed by atoms with E-state index in [9.17, 15) is 0 Å². The average molecular weight is 434 g/mol. The highest BCUT2D eigenvalue weighted by Crippen LogP contribution is 2.30. The van der Waals surface area contributed by atoms with Crippen LogP contribution in [0.4, 0.5) is 17.3 Å². The van der Waals surface area contributed by atoms with E-state index >= 15 is 0 Å². The Morgan fingerprint density at radius 1 is 1.12 bits per heavy atom. The molecule has 5 rings (SSSR count). The summed E-state index contributed by atoms with van der Waals surface area (Å²) >= 11 is 0. The van der Waals surface area contributed by atoms with Gasteiger partial charge in [-0.05, 0) is 74.3 Å². The first kappa shape index (κ1) is 21.0. The van der Waals surface area contributed by atoms with E-state index in [0.717, 1.165) is 81.0 Å². The van der Waals surface area contributed by atoms with E-state index in [1.54, 1.807) is 0 Å². The minimum absolute atomic E-state index is 0.227. The van der Waals surface area contributed by atoms with Crippen molar-refractivity contribution in [3.8, 4) is 5.75 Å². The van der Waals surface area contributed by atoms with Crippen LogP contribution in [-0.4, -0.2) is 55.5 Å². The van der Waals surface area contributed by atoms with Crippen molar-refractivity contribution in [2.45, 2.75) is 32.3 Å². The van der Waals surface area contributed by atoms with Crippen LogP contribution >= 0.6 is 0 Å². The lowest BCUT2D eigenvalue weighted by molar-refractivity contribution is 0.122. The number of anilines is 3. The Morgan fingerprint density at radius 2 is 1.91 bits per heavy atom. The molecular formula is C25H31N5O2. The van der Waals surface area contributed by atoms with Gasteiger partial charge in [-0.15, -0.1) is 0 Å². The zero-order valence-electron chi connectivity index (χ0n) is 18.6. The number of hydrogen-bond acceptors (Lipinski definition) is 7. The fraction of sp³-hybridized carbons (Fsp3) is 0.440. The fourth-order valence-electron chi connectivity index (χ4n) is 4.33. The van der Waals surface area contributed by atoms with Crippen LogP contribution in [-0.2, 0) is 11.2 Å². The van der Waals surface area contributed by atoms with Gasteiger partial charge in [0.2, 0.25) is 5.95 Å². The molecule has 0 spiro atoms. The zero-order chi connectivity index (χ0) is 21.8. The number of morpholine rings is 1. The number of piperidine rings is 1. The number of aryl methyl sites for hydroxylation is 1. The van der Waals surface area contributed by atoms with Gasteiger partial charge in [-0.2, -0.15) is 0 Å². The predicted octanol–water partition coefficient (Wildman–Crippen LogP) is 3.90. The molecule has 2 aliphatic rings. The van der Waals surface area contributed by atoms with Crippen LogP contribution in [0.5, 0.6) is 5.75 Å². The number of hydrogen-bond donors (Lipinski definition) is 2. The molecule has 2 aliphatic heterocycles. The largest absolute Gasteiger partial charge is 0.488 e. The molecular weight excluding hydrogens is 402 g/mol. The summed E-state index contributed by atoms with van der Waals surface area (Å²) < 4.78 is 11.9. The van der Waals surface area contributed by atoms with Gasteiger partial charge in [-0.25, -0.2) is 9.97 Å². The number of nitrogens with one attached hydrogen (secondary N) is 2. The Bertz CT molecular complexity index is 1040. The molecule has 2 N–H and O–H groups in total. The number of rotatable bonds is 6. The minimum Gasteiger partial charge on any atom is -0.488 e. The summed E-state index contributed by atoms with van der Waals surface area (Å²) in [5.74, 6) is 1.44. The molecule has 0 aliphatic carbocycles. The smallest absolute Gasteiger partial charge is 0.227 e. The number of nitrogens with zero attached hydrogens (tertiary/aromatic N) is 3. The molecule has 32 heavy (non-hydrogen) atoms. The maximum Gasteiger partial charge on any atom is 0.227 e.